The fraction of sp³-hybridized carbons (Fsp3) is 0. The second kappa shape index (κ2) is 3.91. The van der Waals surface area contributed by atoms with E-state index in [9.17, 15) is 5.11 Å². The molecule has 2 N–H and O–H groups in total. The van der Waals surface area contributed by atoms with E-state index in [1.165, 1.54) is 0 Å². The molecule has 0 atom stereocenters. The molecule has 0 spiro atoms. The lowest BCUT2D eigenvalue weighted by Crippen LogP contribution is -1.78. The molecular formula is C8H8ClN3O. The molecule has 5 heteroatoms. The Hall–Kier alpha value is -1.55. The van der Waals surface area contributed by atoms with Gasteiger partial charge in [0.15, 0.2) is 0 Å². The summed E-state index contributed by atoms with van der Waals surface area (Å²) in [5, 5.41) is 15.4. The molecule has 68 valence electrons. The Morgan fingerprint density at radius 3 is 2.69 bits per heavy atom. The number of hydrogen-bond donors (Lipinski definition) is 2. The van der Waals surface area contributed by atoms with Gasteiger partial charge >= 0.3 is 0 Å². The molecule has 2 rings (SSSR count). The molecule has 0 aliphatic heterocycles. The van der Waals surface area contributed by atoms with Gasteiger partial charge in [-0.3, -0.25) is 10.1 Å². The molecule has 0 aromatic carbocycles. The normalized spacial score (nSPS) is 9.23. The number of H-pyrrole nitrogens is 1. The first-order valence-electron chi connectivity index (χ1n) is 3.52. The minimum Gasteiger partial charge on any atom is -0.492 e. The topological polar surface area (TPSA) is 61.8 Å². The maximum Gasteiger partial charge on any atom is 0.239 e. The molecule has 0 fully saturated rings. The Kier molecular flexibility index (Phi) is 2.87. The van der Waals surface area contributed by atoms with E-state index in [1.807, 2.05) is 18.2 Å². The second-order valence-corrected chi connectivity index (χ2v) is 2.34. The monoisotopic (exact) mass is 197 g/mol. The number of aromatic nitrogens is 3. The molecule has 2 aromatic rings. The molecule has 2 heterocycles. The molecular weight excluding hydrogens is 190 g/mol. The first-order valence-corrected chi connectivity index (χ1v) is 3.52. The molecule has 0 bridgehead atoms. The minimum atomic E-state index is -0.0197. The molecule has 0 unspecified atom stereocenters. The van der Waals surface area contributed by atoms with Gasteiger partial charge in [0.25, 0.3) is 0 Å². The van der Waals surface area contributed by atoms with Gasteiger partial charge in [0.2, 0.25) is 5.88 Å². The largest absolute Gasteiger partial charge is 0.492 e. The summed E-state index contributed by atoms with van der Waals surface area (Å²) in [5.74, 6) is -0.0197. The minimum absolute atomic E-state index is 0. The summed E-state index contributed by atoms with van der Waals surface area (Å²) in [7, 11) is 0. The van der Waals surface area contributed by atoms with Gasteiger partial charge in [-0.05, 0) is 12.1 Å². The van der Waals surface area contributed by atoms with Gasteiger partial charge in [0.1, 0.15) is 0 Å². The Bertz CT molecular complexity index is 374. The molecule has 0 aliphatic carbocycles. The standard InChI is InChI=1S/C8H7N3O.ClH/c12-8-6(5-10-11-8)7-3-1-2-4-9-7;/h1-5H,(H2,10,11,12);1H. The number of aromatic hydroxyl groups is 1. The van der Waals surface area contributed by atoms with Crippen LogP contribution in [0.25, 0.3) is 11.3 Å². The van der Waals surface area contributed by atoms with Crippen molar-refractivity contribution < 1.29 is 5.11 Å². The highest BCUT2D eigenvalue weighted by Crippen LogP contribution is 2.23. The summed E-state index contributed by atoms with van der Waals surface area (Å²) in [6.45, 7) is 0. The highest BCUT2D eigenvalue weighted by atomic mass is 35.5. The number of pyridine rings is 1. The maximum atomic E-state index is 9.22. The molecule has 0 aliphatic rings. The van der Waals surface area contributed by atoms with Gasteiger partial charge < -0.3 is 5.11 Å². The van der Waals surface area contributed by atoms with Crippen LogP contribution < -0.4 is 0 Å². The average molecular weight is 198 g/mol. The number of rotatable bonds is 1. The number of hydrogen-bond acceptors (Lipinski definition) is 3. The predicted molar refractivity (Wildman–Crippen MR) is 50.7 cm³/mol. The smallest absolute Gasteiger partial charge is 0.239 e. The Morgan fingerprint density at radius 1 is 1.31 bits per heavy atom. The lowest BCUT2D eigenvalue weighted by atomic mass is 10.2. The highest BCUT2D eigenvalue weighted by Gasteiger charge is 2.05. The third-order valence-corrected chi connectivity index (χ3v) is 1.56. The summed E-state index contributed by atoms with van der Waals surface area (Å²) in [6, 6.07) is 5.49. The van der Waals surface area contributed by atoms with Crippen LogP contribution in [0.5, 0.6) is 5.88 Å². The molecule has 0 saturated carbocycles. The van der Waals surface area contributed by atoms with E-state index < -0.39 is 0 Å². The van der Waals surface area contributed by atoms with Crippen LogP contribution in [0.1, 0.15) is 0 Å². The number of halogens is 1. The number of aromatic amines is 1. The van der Waals surface area contributed by atoms with E-state index in [0.717, 1.165) is 0 Å². The third-order valence-electron chi connectivity index (χ3n) is 1.56. The van der Waals surface area contributed by atoms with Crippen molar-refractivity contribution in [3.05, 3.63) is 30.6 Å². The molecule has 0 radical (unpaired) electrons. The fourth-order valence-electron chi connectivity index (χ4n) is 0.993. The van der Waals surface area contributed by atoms with Crippen LogP contribution in [0.4, 0.5) is 0 Å². The lowest BCUT2D eigenvalue weighted by Gasteiger charge is -1.93. The number of nitrogens with one attached hydrogen (secondary N) is 1. The Balaban J connectivity index is 0.000000845. The van der Waals surface area contributed by atoms with Crippen molar-refractivity contribution in [3.63, 3.8) is 0 Å². The van der Waals surface area contributed by atoms with Crippen LogP contribution in [-0.2, 0) is 0 Å². The van der Waals surface area contributed by atoms with E-state index in [0.29, 0.717) is 11.3 Å². The van der Waals surface area contributed by atoms with Gasteiger partial charge in [-0.15, -0.1) is 17.5 Å². The lowest BCUT2D eigenvalue weighted by molar-refractivity contribution is 0.453. The molecule has 13 heavy (non-hydrogen) atoms. The van der Waals surface area contributed by atoms with Gasteiger partial charge in [0, 0.05) is 12.4 Å². The first-order chi connectivity index (χ1) is 5.88. The summed E-state index contributed by atoms with van der Waals surface area (Å²) < 4.78 is 0. The van der Waals surface area contributed by atoms with Crippen LogP contribution in [0.15, 0.2) is 30.6 Å². The van der Waals surface area contributed by atoms with Crippen molar-refractivity contribution in [3.8, 4) is 17.1 Å². The van der Waals surface area contributed by atoms with Crippen LogP contribution in [0.2, 0.25) is 0 Å². The summed E-state index contributed by atoms with van der Waals surface area (Å²) in [4.78, 5) is 4.06. The van der Waals surface area contributed by atoms with E-state index in [-0.39, 0.29) is 18.3 Å². The van der Waals surface area contributed by atoms with Gasteiger partial charge in [-0.2, -0.15) is 0 Å². The SMILES string of the molecule is Cl.Oc1n[nH]cc1-c1ccccn1. The van der Waals surface area contributed by atoms with Gasteiger partial charge in [-0.1, -0.05) is 6.07 Å². The third kappa shape index (κ3) is 1.78. The van der Waals surface area contributed by atoms with Crippen molar-refractivity contribution in [1.82, 2.24) is 15.2 Å². The van der Waals surface area contributed by atoms with E-state index >= 15 is 0 Å². The predicted octanol–water partition coefficient (Wildman–Crippen LogP) is 1.60. The number of nitrogens with zero attached hydrogens (tertiary/aromatic N) is 2. The Labute approximate surface area is 81.1 Å². The van der Waals surface area contributed by atoms with Crippen LogP contribution in [0.3, 0.4) is 0 Å². The quantitative estimate of drug-likeness (QED) is 0.730. The molecule has 0 amide bonds. The van der Waals surface area contributed by atoms with Crippen molar-refractivity contribution in [2.24, 2.45) is 0 Å². The molecule has 0 saturated heterocycles. The summed E-state index contributed by atoms with van der Waals surface area (Å²) in [6.07, 6.45) is 3.28. The van der Waals surface area contributed by atoms with Crippen molar-refractivity contribution >= 4 is 12.4 Å². The van der Waals surface area contributed by atoms with Crippen LogP contribution >= 0.6 is 12.4 Å². The zero-order chi connectivity index (χ0) is 8.39. The van der Waals surface area contributed by atoms with Crippen molar-refractivity contribution in [2.45, 2.75) is 0 Å². The second-order valence-electron chi connectivity index (χ2n) is 2.34. The zero-order valence-electron chi connectivity index (χ0n) is 6.64. The van der Waals surface area contributed by atoms with E-state index in [2.05, 4.69) is 15.2 Å². The average Bonchev–Trinajstić information content (AvgIpc) is 2.53. The van der Waals surface area contributed by atoms with Gasteiger partial charge in [0.05, 0.1) is 11.3 Å². The zero-order valence-corrected chi connectivity index (χ0v) is 7.45. The molecule has 4 nitrogen and oxygen atoms in total. The van der Waals surface area contributed by atoms with E-state index in [1.54, 1.807) is 12.4 Å². The Morgan fingerprint density at radius 2 is 2.15 bits per heavy atom. The first kappa shape index (κ1) is 9.54. The summed E-state index contributed by atoms with van der Waals surface area (Å²) >= 11 is 0. The van der Waals surface area contributed by atoms with Crippen molar-refractivity contribution in [2.75, 3.05) is 0 Å². The maximum absolute atomic E-state index is 9.22. The summed E-state index contributed by atoms with van der Waals surface area (Å²) in [5.41, 5.74) is 1.33. The molecule has 2 aromatic heterocycles. The van der Waals surface area contributed by atoms with Crippen LogP contribution in [-0.4, -0.2) is 20.3 Å². The van der Waals surface area contributed by atoms with Crippen LogP contribution in [0, 0.1) is 0 Å². The van der Waals surface area contributed by atoms with E-state index in [4.69, 9.17) is 0 Å². The fourth-order valence-corrected chi connectivity index (χ4v) is 0.993. The van der Waals surface area contributed by atoms with Gasteiger partial charge in [-0.25, -0.2) is 0 Å². The highest BCUT2D eigenvalue weighted by molar-refractivity contribution is 5.85. The van der Waals surface area contributed by atoms with Crippen molar-refractivity contribution in [1.29, 1.82) is 0 Å².